The predicted molar refractivity (Wildman–Crippen MR) is 70.8 cm³/mol. The van der Waals surface area contributed by atoms with Crippen LogP contribution in [0.4, 0.5) is 0 Å². The van der Waals surface area contributed by atoms with Gasteiger partial charge in [0.15, 0.2) is 11.9 Å². The van der Waals surface area contributed by atoms with Crippen molar-refractivity contribution in [2.75, 3.05) is 0 Å². The Hall–Kier alpha value is -1.32. The summed E-state index contributed by atoms with van der Waals surface area (Å²) in [6.07, 6.45) is 2.84. The van der Waals surface area contributed by atoms with Crippen LogP contribution < -0.4 is 0 Å². The van der Waals surface area contributed by atoms with Crippen molar-refractivity contribution in [3.8, 4) is 0 Å². The van der Waals surface area contributed by atoms with E-state index in [1.807, 2.05) is 29.8 Å². The largest absolute Gasteiger partial charge is 0.376 e. The molecule has 0 bridgehead atoms. The van der Waals surface area contributed by atoms with Crippen molar-refractivity contribution < 1.29 is 9.90 Å². The first-order valence-corrected chi connectivity index (χ1v) is 6.40. The van der Waals surface area contributed by atoms with Crippen molar-refractivity contribution in [2.24, 2.45) is 7.05 Å². The van der Waals surface area contributed by atoms with E-state index in [1.165, 1.54) is 0 Å². The van der Waals surface area contributed by atoms with Crippen LogP contribution in [0.25, 0.3) is 10.9 Å². The molecule has 2 aromatic rings. The van der Waals surface area contributed by atoms with Crippen LogP contribution in [0.2, 0.25) is 5.02 Å². The number of aliphatic hydroxyl groups is 1. The van der Waals surface area contributed by atoms with Crippen molar-refractivity contribution in [2.45, 2.75) is 24.9 Å². The average Bonchev–Trinajstić information content (AvgIpc) is 2.64. The maximum atomic E-state index is 11.3. The molecule has 18 heavy (non-hydrogen) atoms. The minimum Gasteiger partial charge on any atom is -0.376 e. The highest BCUT2D eigenvalue weighted by Crippen LogP contribution is 2.40. The molecule has 1 heterocycles. The van der Waals surface area contributed by atoms with Crippen LogP contribution >= 0.6 is 11.6 Å². The molecule has 0 fully saturated rings. The Morgan fingerprint density at radius 1 is 1.50 bits per heavy atom. The minimum atomic E-state index is -1.35. The Balaban J connectivity index is 2.41. The highest BCUT2D eigenvalue weighted by molar-refractivity contribution is 6.31. The molecule has 0 spiro atoms. The Kier molecular flexibility index (Phi) is 2.50. The van der Waals surface area contributed by atoms with E-state index in [-0.39, 0.29) is 0 Å². The second-order valence-corrected chi connectivity index (χ2v) is 5.38. The summed E-state index contributed by atoms with van der Waals surface area (Å²) in [5.74, 6) is 0. The maximum Gasteiger partial charge on any atom is 0.160 e. The van der Waals surface area contributed by atoms with Crippen molar-refractivity contribution in [3.63, 3.8) is 0 Å². The van der Waals surface area contributed by atoms with E-state index in [9.17, 15) is 9.90 Å². The lowest BCUT2D eigenvalue weighted by atomic mass is 9.84. The topological polar surface area (TPSA) is 42.2 Å². The summed E-state index contributed by atoms with van der Waals surface area (Å²) in [4.78, 5) is 11.3. The van der Waals surface area contributed by atoms with E-state index in [4.69, 9.17) is 11.6 Å². The molecule has 1 unspecified atom stereocenters. The molecule has 1 N–H and O–H groups in total. The van der Waals surface area contributed by atoms with Gasteiger partial charge in [0.2, 0.25) is 0 Å². The third-order valence-electron chi connectivity index (χ3n) is 3.86. The Morgan fingerprint density at radius 2 is 2.28 bits per heavy atom. The fourth-order valence-corrected chi connectivity index (χ4v) is 3.24. The predicted octanol–water partition coefficient (Wildman–Crippen LogP) is 2.55. The number of carbonyl (C=O) groups is 1. The molecular weight excluding hydrogens is 250 g/mol. The van der Waals surface area contributed by atoms with Crippen molar-refractivity contribution in [3.05, 3.63) is 34.5 Å². The lowest BCUT2D eigenvalue weighted by molar-refractivity contribution is -0.126. The van der Waals surface area contributed by atoms with Crippen LogP contribution in [0, 0.1) is 0 Å². The number of aryl methyl sites for hydroxylation is 2. The first-order valence-electron chi connectivity index (χ1n) is 6.03. The monoisotopic (exact) mass is 263 g/mol. The summed E-state index contributed by atoms with van der Waals surface area (Å²) < 4.78 is 1.91. The maximum absolute atomic E-state index is 11.3. The van der Waals surface area contributed by atoms with Gasteiger partial charge in [-0.05, 0) is 43.0 Å². The quantitative estimate of drug-likeness (QED) is 0.804. The molecule has 4 heteroatoms. The van der Waals surface area contributed by atoms with Gasteiger partial charge >= 0.3 is 0 Å². The summed E-state index contributed by atoms with van der Waals surface area (Å²) in [5, 5.41) is 12.2. The number of halogens is 1. The second kappa shape index (κ2) is 3.84. The molecule has 94 valence electrons. The second-order valence-electron chi connectivity index (χ2n) is 4.94. The lowest BCUT2D eigenvalue weighted by Gasteiger charge is -2.28. The van der Waals surface area contributed by atoms with Gasteiger partial charge in [-0.15, -0.1) is 0 Å². The SMILES string of the molecule is Cn1c2c(c3cc(Cl)ccc31)CCCC2(O)C=O. The fourth-order valence-electron chi connectivity index (χ4n) is 3.07. The van der Waals surface area contributed by atoms with E-state index in [2.05, 4.69) is 0 Å². The van der Waals surface area contributed by atoms with Gasteiger partial charge in [0.1, 0.15) is 0 Å². The van der Waals surface area contributed by atoms with E-state index < -0.39 is 5.60 Å². The van der Waals surface area contributed by atoms with Crippen LogP contribution in [0.3, 0.4) is 0 Å². The standard InChI is InChI=1S/C14H14ClNO2/c1-16-12-5-4-9(15)7-11(12)10-3-2-6-14(18,8-17)13(10)16/h4-5,7-8,18H,2-3,6H2,1H3. The van der Waals surface area contributed by atoms with Crippen molar-refractivity contribution in [1.29, 1.82) is 0 Å². The molecule has 1 aromatic heterocycles. The zero-order chi connectivity index (χ0) is 12.9. The van der Waals surface area contributed by atoms with Crippen LogP contribution in [-0.4, -0.2) is 16.0 Å². The number of rotatable bonds is 1. The Morgan fingerprint density at radius 3 is 3.00 bits per heavy atom. The molecule has 1 aliphatic carbocycles. The van der Waals surface area contributed by atoms with Gasteiger partial charge < -0.3 is 9.67 Å². The molecule has 0 aliphatic heterocycles. The van der Waals surface area contributed by atoms with Crippen LogP contribution in [0.5, 0.6) is 0 Å². The van der Waals surface area contributed by atoms with E-state index in [0.29, 0.717) is 17.7 Å². The highest BCUT2D eigenvalue weighted by Gasteiger charge is 2.38. The number of aromatic nitrogens is 1. The molecule has 3 nitrogen and oxygen atoms in total. The number of fused-ring (bicyclic) bond motifs is 3. The fraction of sp³-hybridized carbons (Fsp3) is 0.357. The third kappa shape index (κ3) is 1.44. The smallest absolute Gasteiger partial charge is 0.160 e. The molecular formula is C14H14ClNO2. The molecule has 0 saturated carbocycles. The zero-order valence-corrected chi connectivity index (χ0v) is 10.9. The van der Waals surface area contributed by atoms with Crippen molar-refractivity contribution >= 4 is 28.8 Å². The van der Waals surface area contributed by atoms with Crippen LogP contribution in [0.1, 0.15) is 24.1 Å². The molecule has 1 aromatic carbocycles. The number of hydrogen-bond donors (Lipinski definition) is 1. The van der Waals surface area contributed by atoms with E-state index in [0.717, 1.165) is 35.0 Å². The van der Waals surface area contributed by atoms with Crippen LogP contribution in [0.15, 0.2) is 18.2 Å². The highest BCUT2D eigenvalue weighted by atomic mass is 35.5. The Bertz CT molecular complexity index is 647. The lowest BCUT2D eigenvalue weighted by Crippen LogP contribution is -2.34. The first kappa shape index (κ1) is 11.8. The van der Waals surface area contributed by atoms with E-state index in [1.54, 1.807) is 0 Å². The summed E-state index contributed by atoms with van der Waals surface area (Å²) in [6.45, 7) is 0. The van der Waals surface area contributed by atoms with Gasteiger partial charge in [-0.1, -0.05) is 11.6 Å². The van der Waals surface area contributed by atoms with Gasteiger partial charge in [-0.25, -0.2) is 0 Å². The van der Waals surface area contributed by atoms with Gasteiger partial charge in [-0.3, -0.25) is 4.79 Å². The molecule has 1 atom stereocenters. The van der Waals surface area contributed by atoms with Gasteiger partial charge in [0.25, 0.3) is 0 Å². The van der Waals surface area contributed by atoms with Gasteiger partial charge in [-0.2, -0.15) is 0 Å². The average molecular weight is 264 g/mol. The summed E-state index contributed by atoms with van der Waals surface area (Å²) in [7, 11) is 1.88. The first-order chi connectivity index (χ1) is 8.57. The molecule has 0 saturated heterocycles. The van der Waals surface area contributed by atoms with Gasteiger partial charge in [0.05, 0.1) is 5.69 Å². The summed E-state index contributed by atoms with van der Waals surface area (Å²) in [6, 6.07) is 5.67. The number of carbonyl (C=O) groups excluding carboxylic acids is 1. The molecule has 3 rings (SSSR count). The molecule has 1 aliphatic rings. The number of hydrogen-bond acceptors (Lipinski definition) is 2. The Labute approximate surface area is 110 Å². The number of benzene rings is 1. The normalized spacial score (nSPS) is 23.1. The minimum absolute atomic E-state index is 0.487. The number of nitrogens with zero attached hydrogens (tertiary/aromatic N) is 1. The third-order valence-corrected chi connectivity index (χ3v) is 4.09. The summed E-state index contributed by atoms with van der Waals surface area (Å²) >= 11 is 6.03. The molecule has 0 amide bonds. The zero-order valence-electron chi connectivity index (χ0n) is 10.1. The van der Waals surface area contributed by atoms with Gasteiger partial charge in [0, 0.05) is 23.0 Å². The molecule has 0 radical (unpaired) electrons. The number of aldehydes is 1. The van der Waals surface area contributed by atoms with Crippen LogP contribution in [-0.2, 0) is 23.9 Å². The van der Waals surface area contributed by atoms with Crippen molar-refractivity contribution in [1.82, 2.24) is 4.57 Å². The van der Waals surface area contributed by atoms with E-state index >= 15 is 0 Å². The summed E-state index contributed by atoms with van der Waals surface area (Å²) in [5.41, 5.74) is 1.43.